The fourth-order valence-electron chi connectivity index (χ4n) is 2.95. The van der Waals surface area contributed by atoms with Gasteiger partial charge in [-0.05, 0) is 55.7 Å². The molecule has 0 aliphatic rings. The van der Waals surface area contributed by atoms with Gasteiger partial charge in [0.25, 0.3) is 0 Å². The third-order valence-corrected chi connectivity index (χ3v) is 4.40. The van der Waals surface area contributed by atoms with E-state index in [-0.39, 0.29) is 30.1 Å². The minimum atomic E-state index is 0. The molecule has 0 bridgehead atoms. The van der Waals surface area contributed by atoms with Crippen LogP contribution >= 0.6 is 24.0 Å². The zero-order chi connectivity index (χ0) is 23.0. The molecule has 7 nitrogen and oxygen atoms in total. The van der Waals surface area contributed by atoms with Crippen LogP contribution in [0.15, 0.2) is 53.5 Å². The average molecular weight is 572 g/mol. The van der Waals surface area contributed by atoms with Crippen molar-refractivity contribution in [2.45, 2.75) is 39.5 Å². The van der Waals surface area contributed by atoms with E-state index in [1.807, 2.05) is 44.2 Å². The van der Waals surface area contributed by atoms with Crippen molar-refractivity contribution in [1.29, 1.82) is 0 Å². The van der Waals surface area contributed by atoms with Gasteiger partial charge in [0.15, 0.2) is 5.96 Å². The van der Waals surface area contributed by atoms with Crippen molar-refractivity contribution in [3.63, 3.8) is 0 Å². The average Bonchev–Trinajstić information content (AvgIpc) is 2.78. The molecule has 8 heteroatoms. The van der Waals surface area contributed by atoms with Crippen molar-refractivity contribution in [3.05, 3.63) is 59.7 Å². The molecule has 0 aromatic heterocycles. The number of nitrogens with zero attached hydrogens (tertiary/aromatic N) is 1. The fraction of sp³-hybridized carbons (Fsp3) is 0.480. The van der Waals surface area contributed by atoms with E-state index >= 15 is 0 Å². The number of nitrogens with one attached hydrogen (secondary N) is 2. The summed E-state index contributed by atoms with van der Waals surface area (Å²) in [4.78, 5) is 4.77. The van der Waals surface area contributed by atoms with Crippen LogP contribution < -0.4 is 15.4 Å². The highest BCUT2D eigenvalue weighted by Crippen LogP contribution is 2.17. The molecular weight excluding hydrogens is 533 g/mol. The molecule has 0 saturated heterocycles. The van der Waals surface area contributed by atoms with Gasteiger partial charge in [-0.15, -0.1) is 24.0 Å². The first-order chi connectivity index (χ1) is 15.6. The second-order valence-electron chi connectivity index (χ2n) is 7.62. The first kappa shape index (κ1) is 29.2. The number of anilines is 1. The van der Waals surface area contributed by atoms with Crippen molar-refractivity contribution < 1.29 is 18.9 Å². The molecule has 184 valence electrons. The van der Waals surface area contributed by atoms with Crippen LogP contribution in [0.2, 0.25) is 0 Å². The zero-order valence-corrected chi connectivity index (χ0v) is 22.5. The van der Waals surface area contributed by atoms with Gasteiger partial charge >= 0.3 is 0 Å². The van der Waals surface area contributed by atoms with Crippen LogP contribution in [0.4, 0.5) is 5.69 Å². The van der Waals surface area contributed by atoms with E-state index in [2.05, 4.69) is 28.8 Å². The summed E-state index contributed by atoms with van der Waals surface area (Å²) >= 11 is 0. The first-order valence-electron chi connectivity index (χ1n) is 11.1. The Kier molecular flexibility index (Phi) is 15.5. The predicted octanol–water partition coefficient (Wildman–Crippen LogP) is 4.85. The number of aliphatic imine (C=N–C) groups is 1. The Morgan fingerprint density at radius 2 is 1.70 bits per heavy atom. The van der Waals surface area contributed by atoms with Gasteiger partial charge in [-0.1, -0.05) is 24.3 Å². The van der Waals surface area contributed by atoms with Gasteiger partial charge in [0, 0.05) is 33.1 Å². The summed E-state index contributed by atoms with van der Waals surface area (Å²) < 4.78 is 21.5. The van der Waals surface area contributed by atoms with Crippen molar-refractivity contribution in [1.82, 2.24) is 5.32 Å². The van der Waals surface area contributed by atoms with Crippen molar-refractivity contribution >= 4 is 35.6 Å². The van der Waals surface area contributed by atoms with Crippen LogP contribution in [0, 0.1) is 0 Å². The fourth-order valence-corrected chi connectivity index (χ4v) is 2.95. The van der Waals surface area contributed by atoms with Crippen LogP contribution in [0.25, 0.3) is 0 Å². The molecule has 0 heterocycles. The van der Waals surface area contributed by atoms with Gasteiger partial charge in [-0.25, -0.2) is 4.99 Å². The van der Waals surface area contributed by atoms with E-state index < -0.39 is 0 Å². The molecule has 33 heavy (non-hydrogen) atoms. The lowest BCUT2D eigenvalue weighted by molar-refractivity contribution is 0.0699. The van der Waals surface area contributed by atoms with Gasteiger partial charge in [0.2, 0.25) is 0 Å². The Balaban J connectivity index is 0.00000544. The van der Waals surface area contributed by atoms with Crippen LogP contribution in [0.1, 0.15) is 31.4 Å². The summed E-state index contributed by atoms with van der Waals surface area (Å²) in [6.07, 6.45) is 1.02. The maximum Gasteiger partial charge on any atom is 0.196 e. The lowest BCUT2D eigenvalue weighted by atomic mass is 10.1. The number of guanidine groups is 1. The number of rotatable bonds is 14. The molecule has 2 N–H and O–H groups in total. The molecule has 2 aromatic carbocycles. The molecule has 0 fully saturated rings. The maximum atomic E-state index is 5.72. The molecule has 0 radical (unpaired) electrons. The molecule has 0 unspecified atom stereocenters. The number of halogens is 1. The summed E-state index contributed by atoms with van der Waals surface area (Å²) in [7, 11) is 3.37. The van der Waals surface area contributed by atoms with Crippen LogP contribution in [-0.4, -0.2) is 52.6 Å². The van der Waals surface area contributed by atoms with Crippen LogP contribution in [0.3, 0.4) is 0 Å². The van der Waals surface area contributed by atoms with E-state index in [1.54, 1.807) is 14.2 Å². The predicted molar refractivity (Wildman–Crippen MR) is 145 cm³/mol. The Hall–Kier alpha value is -1.88. The van der Waals surface area contributed by atoms with E-state index in [9.17, 15) is 0 Å². The standard InChI is InChI=1S/C25H37N3O4.HI/c1-20(2)32-24-11-9-23(10-12-24)28-25(26-13-6-14-31-16-15-29-3)27-18-21-7-5-8-22(17-21)19-30-4;/h5,7-12,17,20H,6,13-16,18-19H2,1-4H3,(H2,26,27,28);1H. The smallest absolute Gasteiger partial charge is 0.196 e. The molecule has 0 atom stereocenters. The largest absolute Gasteiger partial charge is 0.491 e. The van der Waals surface area contributed by atoms with Crippen LogP contribution in [0.5, 0.6) is 5.75 Å². The summed E-state index contributed by atoms with van der Waals surface area (Å²) in [5.41, 5.74) is 3.21. The number of ether oxygens (including phenoxy) is 4. The maximum absolute atomic E-state index is 5.72. The molecule has 2 rings (SSSR count). The lowest BCUT2D eigenvalue weighted by Crippen LogP contribution is -2.32. The Morgan fingerprint density at radius 3 is 2.39 bits per heavy atom. The summed E-state index contributed by atoms with van der Waals surface area (Å²) in [5, 5.41) is 6.77. The highest BCUT2D eigenvalue weighted by atomic mass is 127. The van der Waals surface area contributed by atoms with E-state index in [0.717, 1.165) is 41.5 Å². The molecule has 0 saturated carbocycles. The molecule has 0 aliphatic heterocycles. The second-order valence-corrected chi connectivity index (χ2v) is 7.62. The van der Waals surface area contributed by atoms with Gasteiger partial charge < -0.3 is 29.6 Å². The van der Waals surface area contributed by atoms with Crippen molar-refractivity contribution in [2.75, 3.05) is 45.9 Å². The van der Waals surface area contributed by atoms with E-state index in [0.29, 0.717) is 33.0 Å². The lowest BCUT2D eigenvalue weighted by Gasteiger charge is -2.14. The number of methoxy groups -OCH3 is 2. The molecule has 2 aromatic rings. The number of hydrogen-bond acceptors (Lipinski definition) is 5. The normalized spacial score (nSPS) is 11.2. The Morgan fingerprint density at radius 1 is 0.939 bits per heavy atom. The van der Waals surface area contributed by atoms with Crippen molar-refractivity contribution in [3.8, 4) is 5.75 Å². The zero-order valence-electron chi connectivity index (χ0n) is 20.1. The third kappa shape index (κ3) is 12.8. The summed E-state index contributed by atoms with van der Waals surface area (Å²) in [6.45, 7) is 7.82. The number of hydrogen-bond donors (Lipinski definition) is 2. The highest BCUT2D eigenvalue weighted by molar-refractivity contribution is 14.0. The summed E-state index contributed by atoms with van der Waals surface area (Å²) in [5.74, 6) is 1.57. The Bertz CT molecular complexity index is 800. The van der Waals surface area contributed by atoms with Gasteiger partial charge in [-0.3, -0.25) is 0 Å². The topological polar surface area (TPSA) is 73.3 Å². The minimum Gasteiger partial charge on any atom is -0.491 e. The molecule has 0 spiro atoms. The molecule has 0 amide bonds. The van der Waals surface area contributed by atoms with Gasteiger partial charge in [0.1, 0.15) is 5.75 Å². The van der Waals surface area contributed by atoms with Crippen LogP contribution in [-0.2, 0) is 27.4 Å². The monoisotopic (exact) mass is 571 g/mol. The van der Waals surface area contributed by atoms with E-state index in [4.69, 9.17) is 23.9 Å². The summed E-state index contributed by atoms with van der Waals surface area (Å²) in [6, 6.07) is 16.2. The second kappa shape index (κ2) is 17.6. The quantitative estimate of drug-likeness (QED) is 0.146. The SMILES string of the molecule is COCCOCCCNC(=NCc1cccc(COC)c1)Nc1ccc(OC(C)C)cc1.I. The number of benzene rings is 2. The third-order valence-electron chi connectivity index (χ3n) is 4.40. The molecular formula is C25H38IN3O4. The van der Waals surface area contributed by atoms with Gasteiger partial charge in [0.05, 0.1) is 32.5 Å². The molecule has 0 aliphatic carbocycles. The minimum absolute atomic E-state index is 0. The highest BCUT2D eigenvalue weighted by Gasteiger charge is 2.03. The van der Waals surface area contributed by atoms with E-state index in [1.165, 1.54) is 0 Å². The Labute approximate surface area is 215 Å². The van der Waals surface area contributed by atoms with Gasteiger partial charge in [-0.2, -0.15) is 0 Å². The van der Waals surface area contributed by atoms with Crippen molar-refractivity contribution in [2.24, 2.45) is 4.99 Å². The first-order valence-corrected chi connectivity index (χ1v) is 11.1.